The molecule has 0 fully saturated rings. The number of carbonyl (C=O) groups is 2. The van der Waals surface area contributed by atoms with E-state index in [1.54, 1.807) is 43.3 Å². The van der Waals surface area contributed by atoms with Crippen LogP contribution in [0.1, 0.15) is 34.8 Å². The minimum atomic E-state index is -4.88. The highest BCUT2D eigenvalue weighted by molar-refractivity contribution is 6.06. The van der Waals surface area contributed by atoms with Gasteiger partial charge in [0.25, 0.3) is 5.91 Å². The van der Waals surface area contributed by atoms with Crippen molar-refractivity contribution in [3.8, 4) is 11.5 Å². The first-order chi connectivity index (χ1) is 18.2. The lowest BCUT2D eigenvalue weighted by atomic mass is 10.0. The Hall–Kier alpha value is -4.61. The smallest absolute Gasteiger partial charge is 0.493 e. The van der Waals surface area contributed by atoms with E-state index in [4.69, 9.17) is 9.47 Å². The first kappa shape index (κ1) is 26.5. The first-order valence-electron chi connectivity index (χ1n) is 11.5. The lowest BCUT2D eigenvalue weighted by molar-refractivity contribution is -0.275. The molecule has 0 aliphatic carbocycles. The molecule has 1 atom stereocenters. The van der Waals surface area contributed by atoms with Crippen molar-refractivity contribution in [1.29, 1.82) is 0 Å². The molecule has 12 heteroatoms. The number of methoxy groups -OCH3 is 1. The number of carbonyl (C=O) groups excluding carboxylic acids is 2. The molecule has 1 aliphatic heterocycles. The van der Waals surface area contributed by atoms with E-state index in [1.165, 1.54) is 31.6 Å². The Kier molecular flexibility index (Phi) is 7.79. The fraction of sp³-hybridized carbons (Fsp3) is 0.231. The Morgan fingerprint density at radius 3 is 2.42 bits per heavy atom. The predicted molar refractivity (Wildman–Crippen MR) is 131 cm³/mol. The van der Waals surface area contributed by atoms with Gasteiger partial charge in [0.05, 0.1) is 13.7 Å². The van der Waals surface area contributed by atoms with Crippen LogP contribution >= 0.6 is 0 Å². The lowest BCUT2D eigenvalue weighted by Gasteiger charge is -2.29. The SMILES string of the molecule is CCC1OC(=O)N(Cc2ccc(NC(=O)c3ccncc3)cc2)N=C1c1ccc(OC(F)(F)F)c(OC)c1. The molecule has 0 saturated heterocycles. The molecule has 38 heavy (non-hydrogen) atoms. The highest BCUT2D eigenvalue weighted by atomic mass is 19.4. The Balaban J connectivity index is 1.53. The molecule has 1 unspecified atom stereocenters. The molecule has 0 radical (unpaired) electrons. The number of ether oxygens (including phenoxy) is 3. The molecule has 2 aromatic carbocycles. The Labute approximate surface area is 215 Å². The molecular formula is C26H23F3N4O5. The molecule has 3 aromatic rings. The van der Waals surface area contributed by atoms with Gasteiger partial charge in [0.15, 0.2) is 11.5 Å². The number of alkyl halides is 3. The Bertz CT molecular complexity index is 1330. The molecule has 2 amide bonds. The van der Waals surface area contributed by atoms with Crippen molar-refractivity contribution in [2.45, 2.75) is 32.4 Å². The topological polar surface area (TPSA) is 102 Å². The first-order valence-corrected chi connectivity index (χ1v) is 11.5. The highest BCUT2D eigenvalue weighted by Gasteiger charge is 2.34. The van der Waals surface area contributed by atoms with Crippen LogP contribution in [0.2, 0.25) is 0 Å². The van der Waals surface area contributed by atoms with Gasteiger partial charge in [0, 0.05) is 29.2 Å². The van der Waals surface area contributed by atoms with Crippen LogP contribution in [-0.4, -0.2) is 47.3 Å². The summed E-state index contributed by atoms with van der Waals surface area (Å²) in [5.74, 6) is -0.940. The van der Waals surface area contributed by atoms with Gasteiger partial charge in [0.1, 0.15) is 11.8 Å². The highest BCUT2D eigenvalue weighted by Crippen LogP contribution is 2.34. The summed E-state index contributed by atoms with van der Waals surface area (Å²) < 4.78 is 52.7. The maximum atomic E-state index is 12.7. The third-order valence-electron chi connectivity index (χ3n) is 5.53. The number of hydrogen-bond acceptors (Lipinski definition) is 7. The summed E-state index contributed by atoms with van der Waals surface area (Å²) in [6, 6.07) is 13.9. The van der Waals surface area contributed by atoms with E-state index < -0.39 is 24.3 Å². The van der Waals surface area contributed by atoms with Crippen molar-refractivity contribution in [2.24, 2.45) is 5.10 Å². The number of halogens is 3. The van der Waals surface area contributed by atoms with Crippen LogP contribution in [0, 0.1) is 0 Å². The van der Waals surface area contributed by atoms with Gasteiger partial charge in [-0.25, -0.2) is 4.79 Å². The van der Waals surface area contributed by atoms with Crippen molar-refractivity contribution < 1.29 is 37.0 Å². The minimum Gasteiger partial charge on any atom is -0.493 e. The van der Waals surface area contributed by atoms with Crippen LogP contribution < -0.4 is 14.8 Å². The van der Waals surface area contributed by atoms with Crippen molar-refractivity contribution in [2.75, 3.05) is 12.4 Å². The molecule has 2 heterocycles. The monoisotopic (exact) mass is 528 g/mol. The summed E-state index contributed by atoms with van der Waals surface area (Å²) >= 11 is 0. The second-order valence-corrected chi connectivity index (χ2v) is 8.12. The van der Waals surface area contributed by atoms with E-state index in [2.05, 4.69) is 20.1 Å². The Morgan fingerprint density at radius 1 is 1.08 bits per heavy atom. The summed E-state index contributed by atoms with van der Waals surface area (Å²) in [4.78, 5) is 28.8. The molecule has 0 spiro atoms. The van der Waals surface area contributed by atoms with Gasteiger partial charge >= 0.3 is 12.5 Å². The van der Waals surface area contributed by atoms with Crippen LogP contribution in [0.5, 0.6) is 11.5 Å². The fourth-order valence-corrected chi connectivity index (χ4v) is 3.70. The zero-order valence-corrected chi connectivity index (χ0v) is 20.4. The molecular weight excluding hydrogens is 505 g/mol. The third-order valence-corrected chi connectivity index (χ3v) is 5.53. The van der Waals surface area contributed by atoms with Gasteiger partial charge in [-0.2, -0.15) is 10.1 Å². The average Bonchev–Trinajstić information content (AvgIpc) is 2.90. The minimum absolute atomic E-state index is 0.0593. The summed E-state index contributed by atoms with van der Waals surface area (Å²) in [5.41, 5.74) is 2.48. The maximum absolute atomic E-state index is 12.7. The fourth-order valence-electron chi connectivity index (χ4n) is 3.70. The largest absolute Gasteiger partial charge is 0.573 e. The lowest BCUT2D eigenvalue weighted by Crippen LogP contribution is -2.41. The molecule has 1 aliphatic rings. The number of benzene rings is 2. The summed E-state index contributed by atoms with van der Waals surface area (Å²) in [7, 11) is 1.22. The predicted octanol–water partition coefficient (Wildman–Crippen LogP) is 5.38. The standard InChI is InChI=1S/C26H23F3N4O5/c1-3-20-23(18-6-9-21(22(14-18)36-2)38-26(27,28)29)32-33(25(35)37-20)15-16-4-7-19(8-5-16)31-24(34)17-10-12-30-13-11-17/h4-14,20H,3,15H2,1-2H3,(H,31,34). The van der Waals surface area contributed by atoms with E-state index in [1.807, 2.05) is 0 Å². The summed E-state index contributed by atoms with van der Waals surface area (Å²) in [6.07, 6.45) is -2.81. The van der Waals surface area contributed by atoms with E-state index in [0.29, 0.717) is 34.5 Å². The van der Waals surface area contributed by atoms with E-state index >= 15 is 0 Å². The van der Waals surface area contributed by atoms with Gasteiger partial charge in [-0.15, -0.1) is 13.2 Å². The number of nitrogens with one attached hydrogen (secondary N) is 1. The van der Waals surface area contributed by atoms with Gasteiger partial charge in [-0.05, 0) is 54.4 Å². The average molecular weight is 528 g/mol. The second-order valence-electron chi connectivity index (χ2n) is 8.12. The van der Waals surface area contributed by atoms with Crippen molar-refractivity contribution in [3.63, 3.8) is 0 Å². The van der Waals surface area contributed by atoms with Crippen molar-refractivity contribution in [1.82, 2.24) is 9.99 Å². The van der Waals surface area contributed by atoms with Crippen LogP contribution in [0.3, 0.4) is 0 Å². The molecule has 9 nitrogen and oxygen atoms in total. The number of anilines is 1. The normalized spacial score (nSPS) is 15.4. The van der Waals surface area contributed by atoms with E-state index in [0.717, 1.165) is 11.1 Å². The van der Waals surface area contributed by atoms with Gasteiger partial charge < -0.3 is 19.5 Å². The zero-order chi connectivity index (χ0) is 27.3. The number of hydrazone groups is 1. The summed E-state index contributed by atoms with van der Waals surface area (Å²) in [6.45, 7) is 1.85. The number of nitrogens with zero attached hydrogens (tertiary/aromatic N) is 3. The molecule has 198 valence electrons. The molecule has 0 saturated carbocycles. The zero-order valence-electron chi connectivity index (χ0n) is 20.4. The Morgan fingerprint density at radius 2 is 1.79 bits per heavy atom. The third kappa shape index (κ3) is 6.38. The van der Waals surface area contributed by atoms with E-state index in [-0.39, 0.29) is 18.2 Å². The number of hydrogen-bond donors (Lipinski definition) is 1. The summed E-state index contributed by atoms with van der Waals surface area (Å²) in [5, 5.41) is 8.35. The van der Waals surface area contributed by atoms with Crippen LogP contribution in [0.25, 0.3) is 0 Å². The number of pyridine rings is 1. The van der Waals surface area contributed by atoms with Crippen LogP contribution in [0.15, 0.2) is 72.1 Å². The second kappa shape index (κ2) is 11.2. The van der Waals surface area contributed by atoms with Gasteiger partial charge in [-0.1, -0.05) is 19.1 Å². The molecule has 4 rings (SSSR count). The molecule has 1 aromatic heterocycles. The maximum Gasteiger partial charge on any atom is 0.573 e. The van der Waals surface area contributed by atoms with Gasteiger partial charge in [-0.3, -0.25) is 9.78 Å². The van der Waals surface area contributed by atoms with Crippen molar-refractivity contribution >= 4 is 23.4 Å². The number of amides is 2. The molecule has 0 bridgehead atoms. The quantitative estimate of drug-likeness (QED) is 0.422. The number of rotatable bonds is 8. The molecule has 1 N–H and O–H groups in total. The van der Waals surface area contributed by atoms with E-state index in [9.17, 15) is 22.8 Å². The van der Waals surface area contributed by atoms with Gasteiger partial charge in [0.2, 0.25) is 0 Å². The van der Waals surface area contributed by atoms with Crippen LogP contribution in [-0.2, 0) is 11.3 Å². The van der Waals surface area contributed by atoms with Crippen molar-refractivity contribution in [3.05, 3.63) is 83.7 Å². The number of aromatic nitrogens is 1. The van der Waals surface area contributed by atoms with Crippen LogP contribution in [0.4, 0.5) is 23.7 Å². The number of cyclic esters (lactones) is 1.